The van der Waals surface area contributed by atoms with Gasteiger partial charge in [-0.25, -0.2) is 8.42 Å². The van der Waals surface area contributed by atoms with Crippen molar-refractivity contribution in [2.24, 2.45) is 0 Å². The molecule has 0 saturated carbocycles. The van der Waals surface area contributed by atoms with Gasteiger partial charge < -0.3 is 9.64 Å². The van der Waals surface area contributed by atoms with E-state index in [4.69, 9.17) is 4.74 Å². The summed E-state index contributed by atoms with van der Waals surface area (Å²) in [6, 6.07) is 16.7. The van der Waals surface area contributed by atoms with Crippen LogP contribution in [0.2, 0.25) is 0 Å². The Morgan fingerprint density at radius 3 is 2.49 bits per heavy atom. The third-order valence-electron chi connectivity index (χ3n) is 6.60. The molecule has 2 aromatic rings. The molecule has 0 aromatic heterocycles. The summed E-state index contributed by atoms with van der Waals surface area (Å²) in [7, 11) is -3.72. The van der Waals surface area contributed by atoms with E-state index < -0.39 is 10.0 Å². The van der Waals surface area contributed by atoms with E-state index in [1.165, 1.54) is 10.4 Å². The third kappa shape index (κ3) is 4.85. The predicted molar refractivity (Wildman–Crippen MR) is 139 cm³/mol. The molecule has 3 aliphatic rings. The van der Waals surface area contributed by atoms with Gasteiger partial charge in [0.05, 0.1) is 27.8 Å². The highest BCUT2D eigenvalue weighted by atomic mass is 32.2. The zero-order chi connectivity index (χ0) is 24.6. The first-order valence-electron chi connectivity index (χ1n) is 12.1. The first kappa shape index (κ1) is 24.3. The van der Waals surface area contributed by atoms with Crippen molar-refractivity contribution in [3.8, 4) is 0 Å². The van der Waals surface area contributed by atoms with Crippen molar-refractivity contribution in [3.05, 3.63) is 81.7 Å². The molecule has 2 unspecified atom stereocenters. The van der Waals surface area contributed by atoms with E-state index in [0.29, 0.717) is 25.1 Å². The van der Waals surface area contributed by atoms with Crippen LogP contribution in [0.3, 0.4) is 0 Å². The molecule has 184 valence electrons. The molecule has 3 heterocycles. The molecule has 0 radical (unpaired) electrons. The van der Waals surface area contributed by atoms with Crippen LogP contribution >= 0.6 is 11.8 Å². The van der Waals surface area contributed by atoms with Crippen LogP contribution in [0.25, 0.3) is 5.70 Å². The molecule has 3 aliphatic heterocycles. The zero-order valence-electron chi connectivity index (χ0n) is 20.0. The summed E-state index contributed by atoms with van der Waals surface area (Å²) in [6.45, 7) is 5.22. The average Bonchev–Trinajstić information content (AvgIpc) is 3.16. The fourth-order valence-electron chi connectivity index (χ4n) is 4.97. The Bertz CT molecular complexity index is 1280. The lowest BCUT2D eigenvalue weighted by atomic mass is 10.00. The van der Waals surface area contributed by atoms with Gasteiger partial charge in [0.2, 0.25) is 10.0 Å². The maximum absolute atomic E-state index is 13.7. The van der Waals surface area contributed by atoms with Gasteiger partial charge in [0.15, 0.2) is 5.78 Å². The molecule has 0 spiro atoms. The maximum atomic E-state index is 13.7. The molecule has 1 saturated heterocycles. The predicted octanol–water partition coefficient (Wildman–Crippen LogP) is 5.11. The van der Waals surface area contributed by atoms with Gasteiger partial charge >= 0.3 is 0 Å². The Hall–Kier alpha value is -2.39. The number of fused-ring (bicyclic) bond motifs is 1. The number of carbonyl (C=O) groups is 1. The molecule has 1 fully saturated rings. The highest BCUT2D eigenvalue weighted by molar-refractivity contribution is 8.06. The number of ketones is 1. The molecule has 0 N–H and O–H groups in total. The Morgan fingerprint density at radius 2 is 1.74 bits per heavy atom. The van der Waals surface area contributed by atoms with Crippen molar-refractivity contribution in [2.75, 3.05) is 19.6 Å². The minimum absolute atomic E-state index is 0.0946. The first-order valence-corrected chi connectivity index (χ1v) is 14.4. The fraction of sp³-hybridized carbons (Fsp3) is 0.370. The average molecular weight is 511 g/mol. The van der Waals surface area contributed by atoms with Crippen molar-refractivity contribution in [3.63, 3.8) is 0 Å². The zero-order valence-corrected chi connectivity index (χ0v) is 21.6. The molecule has 5 rings (SSSR count). The van der Waals surface area contributed by atoms with Crippen LogP contribution in [0.1, 0.15) is 49.0 Å². The molecular weight excluding hydrogens is 480 g/mol. The van der Waals surface area contributed by atoms with E-state index in [-0.39, 0.29) is 22.9 Å². The van der Waals surface area contributed by atoms with Crippen molar-refractivity contribution in [1.82, 2.24) is 9.21 Å². The van der Waals surface area contributed by atoms with E-state index in [9.17, 15) is 13.2 Å². The van der Waals surface area contributed by atoms with Gasteiger partial charge in [-0.15, -0.1) is 0 Å². The molecule has 2 atom stereocenters. The van der Waals surface area contributed by atoms with Gasteiger partial charge in [0, 0.05) is 36.2 Å². The number of nitrogens with zero attached hydrogens (tertiary/aromatic N) is 2. The summed E-state index contributed by atoms with van der Waals surface area (Å²) in [5.41, 5.74) is 3.42. The standard InChI is InChI=1S/C27H30N2O4S2/c1-19-16-28(17-20(2)33-19)35(31,32)23-12-8-11-22(15-23)26(30)24-13-6-7-14-29-25(18-34-27(24)29)21-9-4-3-5-10-21/h3-5,8-12,15,18-20H,6-7,13-14,16-17H2,1-2H3. The molecular formula is C27H30N2O4S2. The van der Waals surface area contributed by atoms with Gasteiger partial charge in [-0.3, -0.25) is 4.79 Å². The number of hydrogen-bond acceptors (Lipinski definition) is 6. The summed E-state index contributed by atoms with van der Waals surface area (Å²) >= 11 is 1.59. The Morgan fingerprint density at radius 1 is 1.00 bits per heavy atom. The summed E-state index contributed by atoms with van der Waals surface area (Å²) in [5, 5.41) is 3.08. The van der Waals surface area contributed by atoms with Crippen LogP contribution in [-0.2, 0) is 14.8 Å². The normalized spacial score (nSPS) is 23.6. The Labute approximate surface area is 211 Å². The summed E-state index contributed by atoms with van der Waals surface area (Å²) in [5.74, 6) is -0.0946. The van der Waals surface area contributed by atoms with Crippen molar-refractivity contribution in [2.45, 2.75) is 50.2 Å². The Balaban J connectivity index is 1.45. The van der Waals surface area contributed by atoms with Crippen LogP contribution in [0.15, 0.2) is 75.5 Å². The van der Waals surface area contributed by atoms with E-state index in [1.54, 1.807) is 30.0 Å². The van der Waals surface area contributed by atoms with Crippen LogP contribution in [-0.4, -0.2) is 55.2 Å². The molecule has 35 heavy (non-hydrogen) atoms. The lowest BCUT2D eigenvalue weighted by Gasteiger charge is -2.34. The van der Waals surface area contributed by atoms with Crippen molar-refractivity contribution in [1.29, 1.82) is 0 Å². The van der Waals surface area contributed by atoms with Crippen LogP contribution < -0.4 is 0 Å². The van der Waals surface area contributed by atoms with Crippen LogP contribution in [0, 0.1) is 0 Å². The lowest BCUT2D eigenvalue weighted by molar-refractivity contribution is -0.0440. The Kier molecular flexibility index (Phi) is 6.90. The second kappa shape index (κ2) is 9.93. The minimum atomic E-state index is -3.72. The summed E-state index contributed by atoms with van der Waals surface area (Å²) in [4.78, 5) is 16.2. The van der Waals surface area contributed by atoms with Crippen LogP contribution in [0.4, 0.5) is 0 Å². The van der Waals surface area contributed by atoms with Crippen molar-refractivity contribution < 1.29 is 17.9 Å². The number of hydrogen-bond donors (Lipinski definition) is 0. The number of Topliss-reactive ketones (excluding diaryl/α,β-unsaturated/α-hetero) is 1. The molecule has 0 amide bonds. The molecule has 2 aromatic carbocycles. The number of thioether (sulfide) groups is 1. The van der Waals surface area contributed by atoms with E-state index in [0.717, 1.165) is 41.2 Å². The smallest absolute Gasteiger partial charge is 0.243 e. The maximum Gasteiger partial charge on any atom is 0.243 e. The first-order chi connectivity index (χ1) is 16.8. The quantitative estimate of drug-likeness (QED) is 0.521. The number of rotatable bonds is 5. The molecule has 6 nitrogen and oxygen atoms in total. The number of benzene rings is 2. The van der Waals surface area contributed by atoms with E-state index >= 15 is 0 Å². The third-order valence-corrected chi connectivity index (χ3v) is 9.46. The highest BCUT2D eigenvalue weighted by Gasteiger charge is 2.34. The second-order valence-corrected chi connectivity index (χ2v) is 12.1. The molecule has 0 bridgehead atoms. The summed E-state index contributed by atoms with van der Waals surface area (Å²) < 4.78 is 34.0. The number of allylic oxidation sites excluding steroid dienone is 1. The minimum Gasteiger partial charge on any atom is -0.373 e. The largest absolute Gasteiger partial charge is 0.373 e. The fourth-order valence-corrected chi connectivity index (χ4v) is 7.75. The second-order valence-electron chi connectivity index (χ2n) is 9.32. The SMILES string of the molecule is CC1CN(S(=O)(=O)c2cccc(C(=O)C3=C4SC=C(c5ccccc5)N4CCCC3)c2)CC(C)O1. The lowest BCUT2D eigenvalue weighted by Crippen LogP contribution is -2.48. The van der Waals surface area contributed by atoms with Crippen molar-refractivity contribution >= 4 is 33.3 Å². The molecule has 8 heteroatoms. The van der Waals surface area contributed by atoms with E-state index in [2.05, 4.69) is 22.4 Å². The molecule has 0 aliphatic carbocycles. The summed E-state index contributed by atoms with van der Waals surface area (Å²) in [6.07, 6.45) is 2.25. The van der Waals surface area contributed by atoms with Crippen LogP contribution in [0.5, 0.6) is 0 Å². The van der Waals surface area contributed by atoms with Gasteiger partial charge in [0.25, 0.3) is 0 Å². The van der Waals surface area contributed by atoms with E-state index in [1.807, 2.05) is 32.0 Å². The van der Waals surface area contributed by atoms with Gasteiger partial charge in [0.1, 0.15) is 0 Å². The number of morpholine rings is 1. The van der Waals surface area contributed by atoms with Gasteiger partial charge in [-0.2, -0.15) is 4.31 Å². The van der Waals surface area contributed by atoms with Gasteiger partial charge in [-0.1, -0.05) is 54.2 Å². The number of carbonyl (C=O) groups excluding carboxylic acids is 1. The topological polar surface area (TPSA) is 66.9 Å². The monoisotopic (exact) mass is 510 g/mol. The number of sulfonamides is 1. The number of ether oxygens (including phenoxy) is 1. The van der Waals surface area contributed by atoms with Gasteiger partial charge in [-0.05, 0) is 50.8 Å². The highest BCUT2D eigenvalue weighted by Crippen LogP contribution is 2.44.